The molecule has 4 aliphatic rings. The van der Waals surface area contributed by atoms with Crippen molar-refractivity contribution in [2.75, 3.05) is 14.2 Å². The number of rotatable bonds is 7. The Morgan fingerprint density at radius 2 is 1.52 bits per heavy atom. The third-order valence-corrected chi connectivity index (χ3v) is 12.0. The lowest BCUT2D eigenvalue weighted by atomic mass is 9.70. The number of aliphatic hydroxyl groups is 4. The van der Waals surface area contributed by atoms with Crippen molar-refractivity contribution in [1.82, 2.24) is 0 Å². The molecule has 0 radical (unpaired) electrons. The minimum absolute atomic E-state index is 0.00726. The molecule has 0 aliphatic carbocycles. The van der Waals surface area contributed by atoms with Crippen molar-refractivity contribution in [3.05, 3.63) is 35.5 Å². The fourth-order valence-corrected chi connectivity index (χ4v) is 8.45. The summed E-state index contributed by atoms with van der Waals surface area (Å²) in [5.74, 6) is -8.04. The molecule has 0 amide bonds. The molecule has 0 spiro atoms. The third kappa shape index (κ3) is 12.5. The lowest BCUT2D eigenvalue weighted by Crippen LogP contribution is -2.62. The summed E-state index contributed by atoms with van der Waals surface area (Å²) < 4.78 is 46.5. The maximum atomic E-state index is 13.4. The van der Waals surface area contributed by atoms with Gasteiger partial charge < -0.3 is 58.3 Å². The molecule has 3 saturated heterocycles. The molecule has 0 aromatic heterocycles. The molecule has 0 unspecified atom stereocenters. The number of cyclic esters (lactones) is 1. The maximum Gasteiger partial charge on any atom is 0.330 e. The summed E-state index contributed by atoms with van der Waals surface area (Å²) in [6, 6.07) is 0. The van der Waals surface area contributed by atoms with Gasteiger partial charge >= 0.3 is 29.8 Å². The fourth-order valence-electron chi connectivity index (χ4n) is 8.45. The average molecular weight is 867 g/mol. The van der Waals surface area contributed by atoms with Gasteiger partial charge in [-0.15, -0.1) is 0 Å². The highest BCUT2D eigenvalue weighted by atomic mass is 16.7. The van der Waals surface area contributed by atoms with Gasteiger partial charge in [0, 0.05) is 56.6 Å². The van der Waals surface area contributed by atoms with Crippen LogP contribution in [0.4, 0.5) is 0 Å². The Labute approximate surface area is 357 Å². The minimum atomic E-state index is -2.41. The van der Waals surface area contributed by atoms with E-state index in [2.05, 4.69) is 0 Å². The molecule has 4 aliphatic heterocycles. The smallest absolute Gasteiger partial charge is 0.330 e. The highest BCUT2D eigenvalue weighted by Gasteiger charge is 2.59. The third-order valence-electron chi connectivity index (χ3n) is 12.0. The topological polar surface area (TPSA) is 240 Å². The van der Waals surface area contributed by atoms with Gasteiger partial charge in [-0.2, -0.15) is 0 Å². The SMILES string of the molecule is COC(=O)/C=C1/C[C@H]2C[C@]3(O)O[C@H](C[C@@H](O)CC(=O)O[C@@H]([C@@H](C)O)C[C@H]4C/C(=C\C(=O)OC)[C@H](OC(C)=O)[C@@](O)(O4)C(C)(C)/C=C/[C@@H](C1)O2)C[C@H](OC(=O)CC(C)C)C3(C)C. The monoisotopic (exact) mass is 866 g/mol. The molecule has 4 rings (SSSR count). The van der Waals surface area contributed by atoms with Gasteiger partial charge in [-0.1, -0.05) is 59.3 Å². The van der Waals surface area contributed by atoms with Crippen molar-refractivity contribution in [1.29, 1.82) is 0 Å². The Balaban J connectivity index is 1.87. The van der Waals surface area contributed by atoms with E-state index in [1.54, 1.807) is 39.8 Å². The number of hydrogen-bond acceptors (Lipinski definition) is 17. The number of fused-ring (bicyclic) bond motifs is 6. The van der Waals surface area contributed by atoms with E-state index in [1.165, 1.54) is 20.1 Å². The van der Waals surface area contributed by atoms with Crippen LogP contribution in [0.5, 0.6) is 0 Å². The maximum absolute atomic E-state index is 13.4. The molecule has 0 aromatic rings. The molecule has 61 heavy (non-hydrogen) atoms. The number of carbonyl (C=O) groups excluding carboxylic acids is 5. The molecular weight excluding hydrogens is 800 g/mol. The van der Waals surface area contributed by atoms with Crippen molar-refractivity contribution in [3.8, 4) is 0 Å². The van der Waals surface area contributed by atoms with E-state index in [-0.39, 0.29) is 62.9 Å². The first kappa shape index (κ1) is 49.9. The Morgan fingerprint density at radius 1 is 0.869 bits per heavy atom. The van der Waals surface area contributed by atoms with Crippen LogP contribution in [0, 0.1) is 16.7 Å². The number of esters is 5. The zero-order chi connectivity index (χ0) is 45.7. The summed E-state index contributed by atoms with van der Waals surface area (Å²) in [6.45, 7) is 12.9. The van der Waals surface area contributed by atoms with E-state index in [0.717, 1.165) is 20.1 Å². The van der Waals surface area contributed by atoms with Crippen LogP contribution < -0.4 is 0 Å². The van der Waals surface area contributed by atoms with Crippen LogP contribution in [-0.4, -0.2) is 131 Å². The quantitative estimate of drug-likeness (QED) is 0.124. The van der Waals surface area contributed by atoms with Gasteiger partial charge in [-0.3, -0.25) is 14.4 Å². The zero-order valence-electron chi connectivity index (χ0n) is 37.0. The van der Waals surface area contributed by atoms with Crippen LogP contribution in [0.1, 0.15) is 113 Å². The fraction of sp³-hybridized carbons (Fsp3) is 0.750. The van der Waals surface area contributed by atoms with Crippen molar-refractivity contribution in [2.24, 2.45) is 16.7 Å². The van der Waals surface area contributed by atoms with E-state index in [9.17, 15) is 44.4 Å². The van der Waals surface area contributed by atoms with Crippen molar-refractivity contribution < 1.29 is 82.3 Å². The lowest BCUT2D eigenvalue weighted by molar-refractivity contribution is -0.349. The van der Waals surface area contributed by atoms with Gasteiger partial charge in [0.1, 0.15) is 12.2 Å². The second-order valence-corrected chi connectivity index (χ2v) is 18.3. The van der Waals surface area contributed by atoms with Crippen LogP contribution >= 0.6 is 0 Å². The first-order chi connectivity index (χ1) is 28.3. The van der Waals surface area contributed by atoms with Crippen LogP contribution in [0.25, 0.3) is 0 Å². The number of aliphatic hydroxyl groups excluding tert-OH is 2. The molecule has 6 bridgehead atoms. The molecule has 0 aromatic carbocycles. The number of hydrogen-bond donors (Lipinski definition) is 4. The van der Waals surface area contributed by atoms with Gasteiger partial charge in [0.2, 0.25) is 5.79 Å². The predicted molar refractivity (Wildman–Crippen MR) is 215 cm³/mol. The molecule has 3 fully saturated rings. The first-order valence-electron chi connectivity index (χ1n) is 20.9. The highest BCUT2D eigenvalue weighted by Crippen LogP contribution is 2.50. The standard InChI is InChI=1S/C44H66O17/c1-24(2)13-38(50)59-35-22-32-19-29(47)20-39(51)58-34(25(3)45)21-31-17-28(18-37(49)55-10)40(56-26(4)46)44(53,61-31)41(5,6)12-11-30-14-27(16-36(48)54-9)15-33(57-30)23-43(52,60-32)42(35,7)8/h11-12,16,18,24-25,29-35,40,45,47,52-53H,13-15,17,19-23H2,1-10H3/b12-11+,27-16+,28-18+/t25-,29-,30+,31-,32-,33+,34-,35+,40+,43+,44-/m1/s1. The summed E-state index contributed by atoms with van der Waals surface area (Å²) >= 11 is 0. The van der Waals surface area contributed by atoms with Crippen LogP contribution in [0.3, 0.4) is 0 Å². The van der Waals surface area contributed by atoms with Gasteiger partial charge in [-0.25, -0.2) is 9.59 Å². The Bertz CT molecular complexity index is 1700. The van der Waals surface area contributed by atoms with E-state index in [4.69, 9.17) is 37.9 Å². The summed E-state index contributed by atoms with van der Waals surface area (Å²) in [5, 5.41) is 47.4. The van der Waals surface area contributed by atoms with Crippen molar-refractivity contribution in [3.63, 3.8) is 0 Å². The molecule has 17 heteroatoms. The highest BCUT2D eigenvalue weighted by molar-refractivity contribution is 5.83. The summed E-state index contributed by atoms with van der Waals surface area (Å²) in [5.41, 5.74) is -1.98. The normalized spacial score (nSPS) is 36.8. The Morgan fingerprint density at radius 3 is 2.13 bits per heavy atom. The van der Waals surface area contributed by atoms with Crippen molar-refractivity contribution in [2.45, 2.75) is 180 Å². The van der Waals surface area contributed by atoms with E-state index in [1.807, 2.05) is 13.8 Å². The number of methoxy groups -OCH3 is 2. The lowest BCUT2D eigenvalue weighted by Gasteiger charge is -2.54. The van der Waals surface area contributed by atoms with E-state index < -0.39 is 114 Å². The van der Waals surface area contributed by atoms with Crippen LogP contribution in [-0.2, 0) is 61.9 Å². The first-order valence-corrected chi connectivity index (χ1v) is 20.9. The average Bonchev–Trinajstić information content (AvgIpc) is 3.13. The molecule has 4 heterocycles. The van der Waals surface area contributed by atoms with Crippen molar-refractivity contribution >= 4 is 29.8 Å². The summed E-state index contributed by atoms with van der Waals surface area (Å²) in [6.07, 6.45) is -4.92. The Hall–Kier alpha value is -3.71. The molecular formula is C44H66O17. The molecule has 11 atom stereocenters. The number of ether oxygens (including phenoxy) is 8. The van der Waals surface area contributed by atoms with Gasteiger partial charge in [0.05, 0.1) is 62.7 Å². The van der Waals surface area contributed by atoms with E-state index >= 15 is 0 Å². The summed E-state index contributed by atoms with van der Waals surface area (Å²) in [4.78, 5) is 64.3. The molecule has 4 N–H and O–H groups in total. The van der Waals surface area contributed by atoms with Gasteiger partial charge in [0.25, 0.3) is 0 Å². The van der Waals surface area contributed by atoms with Gasteiger partial charge in [-0.05, 0) is 37.7 Å². The largest absolute Gasteiger partial charge is 0.466 e. The minimum Gasteiger partial charge on any atom is -0.466 e. The van der Waals surface area contributed by atoms with Crippen LogP contribution in [0.15, 0.2) is 35.5 Å². The zero-order valence-corrected chi connectivity index (χ0v) is 37.0. The molecule has 17 nitrogen and oxygen atoms in total. The summed E-state index contributed by atoms with van der Waals surface area (Å²) in [7, 11) is 2.40. The van der Waals surface area contributed by atoms with Crippen LogP contribution in [0.2, 0.25) is 0 Å². The number of carbonyl (C=O) groups is 5. The predicted octanol–water partition coefficient (Wildman–Crippen LogP) is 3.41. The second-order valence-electron chi connectivity index (χ2n) is 18.3. The van der Waals surface area contributed by atoms with E-state index in [0.29, 0.717) is 5.57 Å². The van der Waals surface area contributed by atoms with Gasteiger partial charge in [0.15, 0.2) is 11.9 Å². The molecule has 344 valence electrons. The Kier molecular flexibility index (Phi) is 16.5. The molecule has 0 saturated carbocycles. The second kappa shape index (κ2) is 20.2.